The van der Waals surface area contributed by atoms with Crippen LogP contribution in [0.25, 0.3) is 0 Å². The van der Waals surface area contributed by atoms with Crippen LogP contribution < -0.4 is 0 Å². The predicted molar refractivity (Wildman–Crippen MR) is 85.5 cm³/mol. The topological polar surface area (TPSA) is 79.0 Å². The largest absolute Gasteiger partial charge is 0.298 e. The van der Waals surface area contributed by atoms with Crippen LogP contribution in [0.1, 0.15) is 23.4 Å². The number of sulfone groups is 1. The molecule has 0 spiro atoms. The molecule has 3 heterocycles. The first-order valence-corrected chi connectivity index (χ1v) is 10.1. The fourth-order valence-corrected chi connectivity index (χ4v) is 4.52. The quantitative estimate of drug-likeness (QED) is 0.897. The first-order chi connectivity index (χ1) is 10.5. The van der Waals surface area contributed by atoms with E-state index in [9.17, 15) is 8.42 Å². The summed E-state index contributed by atoms with van der Waals surface area (Å²) < 4.78 is 23.5. The Labute approximate surface area is 134 Å². The van der Waals surface area contributed by atoms with E-state index < -0.39 is 9.84 Å². The molecular weight excluding hydrogens is 320 g/mol. The number of nitrogens with one attached hydrogen (secondary N) is 1. The minimum Gasteiger partial charge on any atom is -0.298 e. The lowest BCUT2D eigenvalue weighted by Crippen LogP contribution is -2.35. The summed E-state index contributed by atoms with van der Waals surface area (Å²) in [5, 5.41) is 6.77. The summed E-state index contributed by atoms with van der Waals surface area (Å²) in [5.41, 5.74) is 2.60. The van der Waals surface area contributed by atoms with Gasteiger partial charge in [-0.2, -0.15) is 5.10 Å². The van der Waals surface area contributed by atoms with Crippen molar-refractivity contribution in [1.29, 1.82) is 0 Å². The Kier molecular flexibility index (Phi) is 4.60. The predicted octanol–water partition coefficient (Wildman–Crippen LogP) is 1.72. The van der Waals surface area contributed by atoms with E-state index in [1.165, 1.54) is 17.3 Å². The fraction of sp³-hybridized carbons (Fsp3) is 0.571. The van der Waals surface area contributed by atoms with Gasteiger partial charge in [-0.1, -0.05) is 0 Å². The molecule has 1 atom stereocenters. The first kappa shape index (κ1) is 15.6. The molecule has 120 valence electrons. The molecule has 22 heavy (non-hydrogen) atoms. The summed E-state index contributed by atoms with van der Waals surface area (Å²) >= 11 is 1.68. The Morgan fingerprint density at radius 1 is 1.45 bits per heavy atom. The van der Waals surface area contributed by atoms with E-state index in [-0.39, 0.29) is 0 Å². The summed E-state index contributed by atoms with van der Waals surface area (Å²) in [7, 11) is -3.21. The third-order valence-corrected chi connectivity index (χ3v) is 5.95. The van der Waals surface area contributed by atoms with Gasteiger partial charge in [-0.3, -0.25) is 15.0 Å². The van der Waals surface area contributed by atoms with Crippen molar-refractivity contribution in [3.8, 4) is 0 Å². The van der Waals surface area contributed by atoms with Crippen LogP contribution in [0.3, 0.4) is 0 Å². The van der Waals surface area contributed by atoms with Gasteiger partial charge in [0.2, 0.25) is 0 Å². The second-order valence-electron chi connectivity index (χ2n) is 5.90. The number of H-pyrrole nitrogens is 1. The van der Waals surface area contributed by atoms with Crippen molar-refractivity contribution < 1.29 is 8.42 Å². The summed E-state index contributed by atoms with van der Waals surface area (Å²) in [4.78, 5) is 8.16. The Morgan fingerprint density at radius 2 is 2.32 bits per heavy atom. The fourth-order valence-electron chi connectivity index (χ4n) is 3.06. The van der Waals surface area contributed by atoms with E-state index in [1.54, 1.807) is 11.3 Å². The molecule has 2 aromatic rings. The summed E-state index contributed by atoms with van der Waals surface area (Å²) in [6.45, 7) is 3.01. The molecule has 0 amide bonds. The normalized spacial score (nSPS) is 20.3. The second-order valence-corrected chi connectivity index (χ2v) is 8.86. The molecule has 8 heteroatoms. The Morgan fingerprint density at radius 3 is 3.05 bits per heavy atom. The molecule has 1 saturated heterocycles. The number of nitrogens with zero attached hydrogens (tertiary/aromatic N) is 3. The van der Waals surface area contributed by atoms with Crippen LogP contribution in [0, 0.1) is 5.92 Å². The van der Waals surface area contributed by atoms with E-state index in [1.807, 2.05) is 11.7 Å². The molecule has 0 radical (unpaired) electrons. The molecule has 0 aromatic carbocycles. The summed E-state index contributed by atoms with van der Waals surface area (Å²) in [6.07, 6.45) is 7.58. The van der Waals surface area contributed by atoms with Gasteiger partial charge in [0.15, 0.2) is 9.84 Å². The maximum absolute atomic E-state index is 11.8. The number of piperidine rings is 1. The standard InChI is InChI=1S/C14H20N4O2S2/c1-22(19,20)14-7-16-17-13(14)5-11-3-2-4-18(8-11)9-12-6-15-10-21-12/h6-7,10-11H,2-5,8-9H2,1H3,(H,16,17)/t11-/m1/s1. The van der Waals surface area contributed by atoms with Crippen molar-refractivity contribution >= 4 is 21.2 Å². The van der Waals surface area contributed by atoms with Crippen molar-refractivity contribution in [1.82, 2.24) is 20.1 Å². The Hall–Kier alpha value is -1.25. The van der Waals surface area contributed by atoms with Crippen molar-refractivity contribution in [3.63, 3.8) is 0 Å². The summed E-state index contributed by atoms with van der Waals surface area (Å²) in [6, 6.07) is 0. The Balaban J connectivity index is 1.64. The van der Waals surface area contributed by atoms with Gasteiger partial charge in [-0.15, -0.1) is 11.3 Å². The van der Waals surface area contributed by atoms with E-state index >= 15 is 0 Å². The molecule has 1 N–H and O–H groups in total. The molecule has 0 saturated carbocycles. The lowest BCUT2D eigenvalue weighted by molar-refractivity contribution is 0.167. The van der Waals surface area contributed by atoms with Crippen LogP contribution in [0.4, 0.5) is 0 Å². The minimum atomic E-state index is -3.21. The number of aromatic amines is 1. The average molecular weight is 340 g/mol. The number of aromatic nitrogens is 3. The lowest BCUT2D eigenvalue weighted by Gasteiger charge is -2.32. The zero-order valence-electron chi connectivity index (χ0n) is 12.5. The van der Waals surface area contributed by atoms with E-state index in [4.69, 9.17) is 0 Å². The van der Waals surface area contributed by atoms with E-state index in [0.29, 0.717) is 10.8 Å². The molecule has 1 fully saturated rings. The minimum absolute atomic E-state index is 0.340. The number of rotatable bonds is 5. The highest BCUT2D eigenvalue weighted by molar-refractivity contribution is 7.90. The maximum Gasteiger partial charge on any atom is 0.178 e. The smallest absolute Gasteiger partial charge is 0.178 e. The van der Waals surface area contributed by atoms with Crippen molar-refractivity contribution in [3.05, 3.63) is 28.5 Å². The average Bonchev–Trinajstić information content (AvgIpc) is 3.10. The summed E-state index contributed by atoms with van der Waals surface area (Å²) in [5.74, 6) is 0.461. The van der Waals surface area contributed by atoms with Crippen LogP contribution in [-0.4, -0.2) is 47.8 Å². The molecule has 0 unspecified atom stereocenters. The van der Waals surface area contributed by atoms with Gasteiger partial charge in [0.25, 0.3) is 0 Å². The molecule has 0 bridgehead atoms. The van der Waals surface area contributed by atoms with Crippen LogP contribution in [0.2, 0.25) is 0 Å². The monoisotopic (exact) mass is 340 g/mol. The highest BCUT2D eigenvalue weighted by atomic mass is 32.2. The molecule has 1 aliphatic heterocycles. The highest BCUT2D eigenvalue weighted by Gasteiger charge is 2.24. The zero-order chi connectivity index (χ0) is 15.6. The van der Waals surface area contributed by atoms with Gasteiger partial charge < -0.3 is 0 Å². The van der Waals surface area contributed by atoms with Gasteiger partial charge in [-0.25, -0.2) is 8.42 Å². The molecule has 3 rings (SSSR count). The molecule has 1 aliphatic rings. The van der Waals surface area contributed by atoms with E-state index in [0.717, 1.165) is 44.6 Å². The van der Waals surface area contributed by atoms with Crippen molar-refractivity contribution in [2.24, 2.45) is 5.92 Å². The first-order valence-electron chi connectivity index (χ1n) is 7.34. The van der Waals surface area contributed by atoms with E-state index in [2.05, 4.69) is 20.1 Å². The maximum atomic E-state index is 11.8. The highest BCUT2D eigenvalue weighted by Crippen LogP contribution is 2.24. The van der Waals surface area contributed by atoms with Gasteiger partial charge in [0.05, 0.1) is 17.4 Å². The molecule has 6 nitrogen and oxygen atoms in total. The Bertz CT molecular complexity index is 709. The SMILES string of the molecule is CS(=O)(=O)c1cn[nH]c1C[C@H]1CCCN(Cc2cncs2)C1. The number of hydrogen-bond acceptors (Lipinski definition) is 6. The third kappa shape index (κ3) is 3.74. The number of likely N-dealkylation sites (tertiary alicyclic amines) is 1. The third-order valence-electron chi connectivity index (χ3n) is 4.04. The van der Waals surface area contributed by atoms with Gasteiger partial charge in [0.1, 0.15) is 4.90 Å². The van der Waals surface area contributed by atoms with Crippen LogP contribution >= 0.6 is 11.3 Å². The zero-order valence-corrected chi connectivity index (χ0v) is 14.2. The van der Waals surface area contributed by atoms with Crippen LogP contribution in [0.5, 0.6) is 0 Å². The molecule has 0 aliphatic carbocycles. The second kappa shape index (κ2) is 6.47. The van der Waals surface area contributed by atoms with Crippen molar-refractivity contribution in [2.45, 2.75) is 30.7 Å². The number of hydrogen-bond donors (Lipinski definition) is 1. The van der Waals surface area contributed by atoms with Gasteiger partial charge in [0, 0.05) is 30.4 Å². The number of thiazole rings is 1. The van der Waals surface area contributed by atoms with Gasteiger partial charge in [-0.05, 0) is 31.7 Å². The lowest BCUT2D eigenvalue weighted by atomic mass is 9.93. The van der Waals surface area contributed by atoms with Gasteiger partial charge >= 0.3 is 0 Å². The molecule has 2 aromatic heterocycles. The van der Waals surface area contributed by atoms with Crippen molar-refractivity contribution in [2.75, 3.05) is 19.3 Å². The van der Waals surface area contributed by atoms with Crippen LogP contribution in [0.15, 0.2) is 22.8 Å². The molecular formula is C14H20N4O2S2. The van der Waals surface area contributed by atoms with Crippen LogP contribution in [-0.2, 0) is 22.8 Å².